The lowest BCUT2D eigenvalue weighted by Crippen LogP contribution is -2.08. The number of benzene rings is 2. The maximum atomic E-state index is 12.8. The number of hydrogen-bond acceptors (Lipinski definition) is 4. The maximum absolute atomic E-state index is 12.8. The predicted octanol–water partition coefficient (Wildman–Crippen LogP) is 7.39. The van der Waals surface area contributed by atoms with Gasteiger partial charge in [0.2, 0.25) is 0 Å². The molecule has 0 radical (unpaired) electrons. The molecular weight excluding hydrogens is 416 g/mol. The van der Waals surface area contributed by atoms with E-state index >= 15 is 0 Å². The summed E-state index contributed by atoms with van der Waals surface area (Å²) >= 11 is 4.22. The Morgan fingerprint density at radius 1 is 0.719 bits per heavy atom. The number of esters is 1. The Bertz CT molecular complexity index is 836. The first kappa shape index (κ1) is 24.6. The van der Waals surface area contributed by atoms with Crippen LogP contribution in [0.3, 0.4) is 0 Å². The van der Waals surface area contributed by atoms with Gasteiger partial charge in [0, 0.05) is 11.1 Å². The van der Waals surface area contributed by atoms with E-state index in [1.165, 1.54) is 63.4 Å². The average molecular weight is 453 g/mol. The Kier molecular flexibility index (Phi) is 10.3. The summed E-state index contributed by atoms with van der Waals surface area (Å²) in [5.41, 5.74) is 3.11. The van der Waals surface area contributed by atoms with E-state index < -0.39 is 0 Å². The van der Waals surface area contributed by atoms with Crippen LogP contribution < -0.4 is 0 Å². The first-order valence-corrected chi connectivity index (χ1v) is 12.8. The molecule has 0 amide bonds. The standard InChI is InChI=1S/C28H36O3S/c29-27(24-14-12-23(13-15-24)22-10-6-5-7-11-22)25-16-18-26(19-17-25)28(30)31-20-8-3-1-2-4-9-21-32/h12-19,22,32H,1-11,20-21H2. The van der Waals surface area contributed by atoms with Gasteiger partial charge in [0.05, 0.1) is 12.2 Å². The highest BCUT2D eigenvalue weighted by atomic mass is 32.1. The third-order valence-electron chi connectivity index (χ3n) is 6.42. The van der Waals surface area contributed by atoms with Crippen LogP contribution in [-0.4, -0.2) is 24.1 Å². The summed E-state index contributed by atoms with van der Waals surface area (Å²) in [6.07, 6.45) is 13.2. The number of carbonyl (C=O) groups excluding carboxylic acids is 2. The number of unbranched alkanes of at least 4 members (excludes halogenated alkanes) is 5. The summed E-state index contributed by atoms with van der Waals surface area (Å²) in [5.74, 6) is 1.25. The SMILES string of the molecule is O=C(OCCCCCCCCS)c1ccc(C(=O)c2ccc(C3CCCCC3)cc2)cc1. The minimum absolute atomic E-state index is 0.0157. The van der Waals surface area contributed by atoms with Crippen molar-refractivity contribution in [3.05, 3.63) is 70.8 Å². The molecule has 1 fully saturated rings. The van der Waals surface area contributed by atoms with E-state index in [2.05, 4.69) is 24.8 Å². The number of rotatable bonds is 12. The van der Waals surface area contributed by atoms with Crippen molar-refractivity contribution in [2.24, 2.45) is 0 Å². The molecule has 0 saturated heterocycles. The zero-order chi connectivity index (χ0) is 22.6. The molecule has 172 valence electrons. The Balaban J connectivity index is 1.45. The van der Waals surface area contributed by atoms with Gasteiger partial charge in [0.25, 0.3) is 0 Å². The van der Waals surface area contributed by atoms with Crippen molar-refractivity contribution in [1.82, 2.24) is 0 Å². The zero-order valence-corrected chi connectivity index (χ0v) is 20.0. The molecule has 0 N–H and O–H groups in total. The minimum Gasteiger partial charge on any atom is -0.462 e. The van der Waals surface area contributed by atoms with Crippen LogP contribution in [0, 0.1) is 0 Å². The normalized spacial score (nSPS) is 14.3. The molecule has 1 aliphatic carbocycles. The van der Waals surface area contributed by atoms with E-state index in [1.54, 1.807) is 24.3 Å². The summed E-state index contributed by atoms with van der Waals surface area (Å²) in [6.45, 7) is 0.444. The van der Waals surface area contributed by atoms with Crippen molar-refractivity contribution in [3.8, 4) is 0 Å². The molecule has 1 saturated carbocycles. The molecule has 0 unspecified atom stereocenters. The van der Waals surface area contributed by atoms with Crippen LogP contribution in [0.5, 0.6) is 0 Å². The van der Waals surface area contributed by atoms with Gasteiger partial charge in [0.15, 0.2) is 5.78 Å². The lowest BCUT2D eigenvalue weighted by atomic mass is 9.83. The molecule has 0 atom stereocenters. The minimum atomic E-state index is -0.323. The quantitative estimate of drug-likeness (QED) is 0.158. The van der Waals surface area contributed by atoms with Crippen molar-refractivity contribution in [3.63, 3.8) is 0 Å². The van der Waals surface area contributed by atoms with Crippen molar-refractivity contribution < 1.29 is 14.3 Å². The molecule has 3 rings (SSSR count). The van der Waals surface area contributed by atoms with E-state index in [0.29, 0.717) is 29.2 Å². The van der Waals surface area contributed by atoms with Crippen molar-refractivity contribution in [1.29, 1.82) is 0 Å². The Morgan fingerprint density at radius 2 is 1.25 bits per heavy atom. The van der Waals surface area contributed by atoms with Crippen LogP contribution in [0.15, 0.2) is 48.5 Å². The van der Waals surface area contributed by atoms with Gasteiger partial charge in [-0.25, -0.2) is 4.79 Å². The molecule has 0 aliphatic heterocycles. The smallest absolute Gasteiger partial charge is 0.338 e. The highest BCUT2D eigenvalue weighted by Crippen LogP contribution is 2.32. The van der Waals surface area contributed by atoms with E-state index in [4.69, 9.17) is 4.74 Å². The molecule has 0 aromatic heterocycles. The number of ketones is 1. The monoisotopic (exact) mass is 452 g/mol. The van der Waals surface area contributed by atoms with Gasteiger partial charge >= 0.3 is 5.97 Å². The van der Waals surface area contributed by atoms with Gasteiger partial charge in [0.1, 0.15) is 0 Å². The van der Waals surface area contributed by atoms with Gasteiger partial charge in [-0.3, -0.25) is 4.79 Å². The second-order valence-electron chi connectivity index (χ2n) is 8.84. The Hall–Kier alpha value is -2.07. The number of thiol groups is 1. The first-order chi connectivity index (χ1) is 15.7. The van der Waals surface area contributed by atoms with Crippen LogP contribution in [-0.2, 0) is 4.74 Å². The molecule has 32 heavy (non-hydrogen) atoms. The summed E-state index contributed by atoms with van der Waals surface area (Å²) in [7, 11) is 0. The summed E-state index contributed by atoms with van der Waals surface area (Å²) in [5, 5.41) is 0. The Labute approximate surface area is 198 Å². The maximum Gasteiger partial charge on any atom is 0.338 e. The van der Waals surface area contributed by atoms with E-state index in [9.17, 15) is 9.59 Å². The van der Waals surface area contributed by atoms with Crippen LogP contribution in [0.2, 0.25) is 0 Å². The second kappa shape index (κ2) is 13.5. The molecule has 2 aromatic rings. The van der Waals surface area contributed by atoms with Crippen molar-refractivity contribution in [2.75, 3.05) is 12.4 Å². The number of ether oxygens (including phenoxy) is 1. The zero-order valence-electron chi connectivity index (χ0n) is 19.1. The third-order valence-corrected chi connectivity index (χ3v) is 6.73. The van der Waals surface area contributed by atoms with E-state index in [1.807, 2.05) is 12.1 Å². The summed E-state index contributed by atoms with van der Waals surface area (Å²) in [4.78, 5) is 25.1. The fourth-order valence-corrected chi connectivity index (χ4v) is 4.66. The largest absolute Gasteiger partial charge is 0.462 e. The summed E-state index contributed by atoms with van der Waals surface area (Å²) < 4.78 is 5.38. The van der Waals surface area contributed by atoms with Crippen LogP contribution in [0.4, 0.5) is 0 Å². The second-order valence-corrected chi connectivity index (χ2v) is 9.29. The highest BCUT2D eigenvalue weighted by Gasteiger charge is 2.17. The molecule has 0 spiro atoms. The molecule has 1 aliphatic rings. The number of carbonyl (C=O) groups is 2. The first-order valence-electron chi connectivity index (χ1n) is 12.2. The van der Waals surface area contributed by atoms with Crippen LogP contribution in [0.1, 0.15) is 108 Å². The Morgan fingerprint density at radius 3 is 1.88 bits per heavy atom. The van der Waals surface area contributed by atoms with Crippen molar-refractivity contribution in [2.45, 2.75) is 76.5 Å². The average Bonchev–Trinajstić information content (AvgIpc) is 2.86. The molecule has 0 heterocycles. The molecule has 4 heteroatoms. The lowest BCUT2D eigenvalue weighted by Gasteiger charge is -2.22. The van der Waals surface area contributed by atoms with Gasteiger partial charge in [-0.2, -0.15) is 12.6 Å². The van der Waals surface area contributed by atoms with Crippen molar-refractivity contribution >= 4 is 24.4 Å². The predicted molar refractivity (Wildman–Crippen MR) is 134 cm³/mol. The van der Waals surface area contributed by atoms with Crippen LogP contribution in [0.25, 0.3) is 0 Å². The fourth-order valence-electron chi connectivity index (χ4n) is 4.44. The molecule has 2 aromatic carbocycles. The topological polar surface area (TPSA) is 43.4 Å². The third kappa shape index (κ3) is 7.51. The van der Waals surface area contributed by atoms with Gasteiger partial charge < -0.3 is 4.74 Å². The highest BCUT2D eigenvalue weighted by molar-refractivity contribution is 7.80. The summed E-state index contributed by atoms with van der Waals surface area (Å²) in [6, 6.07) is 14.9. The van der Waals surface area contributed by atoms with E-state index in [-0.39, 0.29) is 11.8 Å². The van der Waals surface area contributed by atoms with Crippen LogP contribution >= 0.6 is 12.6 Å². The molecular formula is C28H36O3S. The van der Waals surface area contributed by atoms with Gasteiger partial charge in [-0.1, -0.05) is 81.3 Å². The number of hydrogen-bond donors (Lipinski definition) is 1. The lowest BCUT2D eigenvalue weighted by molar-refractivity contribution is 0.0497. The van der Waals surface area contributed by atoms with Gasteiger partial charge in [-0.05, 0) is 55.1 Å². The van der Waals surface area contributed by atoms with E-state index in [0.717, 1.165) is 18.6 Å². The van der Waals surface area contributed by atoms with Gasteiger partial charge in [-0.15, -0.1) is 0 Å². The molecule has 3 nitrogen and oxygen atoms in total. The molecule has 0 bridgehead atoms. The fraction of sp³-hybridized carbons (Fsp3) is 0.500.